The van der Waals surface area contributed by atoms with Crippen molar-refractivity contribution < 1.29 is 9.53 Å². The lowest BCUT2D eigenvalue weighted by Gasteiger charge is -2.08. The lowest BCUT2D eigenvalue weighted by atomic mass is 10.2. The molecule has 0 aliphatic carbocycles. The zero-order valence-electron chi connectivity index (χ0n) is 14.3. The Balaban J connectivity index is 1.63. The molecule has 0 bridgehead atoms. The van der Waals surface area contributed by atoms with Crippen molar-refractivity contribution in [3.63, 3.8) is 0 Å². The topological polar surface area (TPSA) is 94.0 Å². The molecule has 2 aromatic heterocycles. The first kappa shape index (κ1) is 18.3. The molecule has 0 saturated carbocycles. The molecule has 3 aromatic rings. The van der Waals surface area contributed by atoms with Crippen LogP contribution < -0.4 is 10.6 Å². The Morgan fingerprint density at radius 3 is 2.92 bits per heavy atom. The lowest BCUT2D eigenvalue weighted by molar-refractivity contribution is 0.0951. The fourth-order valence-corrected chi connectivity index (χ4v) is 2.95. The van der Waals surface area contributed by atoms with Crippen molar-refractivity contribution in [1.29, 1.82) is 0 Å². The Morgan fingerprint density at radius 1 is 1.27 bits per heavy atom. The summed E-state index contributed by atoms with van der Waals surface area (Å²) >= 11 is 3.38. The number of hydrogen-bond donors (Lipinski definition) is 2. The highest BCUT2D eigenvalue weighted by molar-refractivity contribution is 9.10. The molecule has 0 spiro atoms. The van der Waals surface area contributed by atoms with Gasteiger partial charge in [-0.15, -0.1) is 0 Å². The van der Waals surface area contributed by atoms with Crippen LogP contribution in [-0.4, -0.2) is 52.5 Å². The number of nitrogens with zero attached hydrogens (tertiary/aromatic N) is 4. The summed E-state index contributed by atoms with van der Waals surface area (Å²) in [6.07, 6.45) is 3.22. The van der Waals surface area contributed by atoms with Crippen molar-refractivity contribution >= 4 is 38.7 Å². The molecule has 0 radical (unpaired) electrons. The summed E-state index contributed by atoms with van der Waals surface area (Å²) in [6, 6.07) is 7.31. The Bertz CT molecular complexity index is 898. The molecule has 136 valence electrons. The van der Waals surface area contributed by atoms with Gasteiger partial charge in [0.2, 0.25) is 0 Å². The number of anilines is 1. The SMILES string of the molecule is COCCNc1ncnc2c1cnn2CCNC(=O)c1ccccc1Br. The number of benzene rings is 1. The van der Waals surface area contributed by atoms with Crippen LogP contribution in [-0.2, 0) is 11.3 Å². The zero-order chi connectivity index (χ0) is 18.4. The summed E-state index contributed by atoms with van der Waals surface area (Å²) in [5.41, 5.74) is 1.32. The minimum absolute atomic E-state index is 0.134. The molecule has 0 atom stereocenters. The largest absolute Gasteiger partial charge is 0.383 e. The average molecular weight is 419 g/mol. The van der Waals surface area contributed by atoms with Crippen LogP contribution in [0.1, 0.15) is 10.4 Å². The number of halogens is 1. The lowest BCUT2D eigenvalue weighted by Crippen LogP contribution is -2.27. The maximum atomic E-state index is 12.2. The first-order valence-electron chi connectivity index (χ1n) is 8.12. The van der Waals surface area contributed by atoms with Crippen molar-refractivity contribution in [1.82, 2.24) is 25.1 Å². The Kier molecular flexibility index (Phi) is 6.13. The van der Waals surface area contributed by atoms with Gasteiger partial charge in [-0.3, -0.25) is 4.79 Å². The maximum Gasteiger partial charge on any atom is 0.252 e. The number of carbonyl (C=O) groups is 1. The molecule has 9 heteroatoms. The highest BCUT2D eigenvalue weighted by atomic mass is 79.9. The quantitative estimate of drug-likeness (QED) is 0.543. The monoisotopic (exact) mass is 418 g/mol. The average Bonchev–Trinajstić information content (AvgIpc) is 3.06. The van der Waals surface area contributed by atoms with E-state index < -0.39 is 0 Å². The van der Waals surface area contributed by atoms with E-state index in [1.165, 1.54) is 6.33 Å². The normalized spacial score (nSPS) is 10.8. The summed E-state index contributed by atoms with van der Waals surface area (Å²) in [5.74, 6) is 0.584. The molecule has 0 unspecified atom stereocenters. The van der Waals surface area contributed by atoms with E-state index in [0.29, 0.717) is 31.8 Å². The van der Waals surface area contributed by atoms with E-state index in [4.69, 9.17) is 4.74 Å². The van der Waals surface area contributed by atoms with Gasteiger partial charge in [0.25, 0.3) is 5.91 Å². The van der Waals surface area contributed by atoms with Gasteiger partial charge in [-0.1, -0.05) is 12.1 Å². The number of nitrogens with one attached hydrogen (secondary N) is 2. The van der Waals surface area contributed by atoms with Crippen molar-refractivity contribution in [2.45, 2.75) is 6.54 Å². The van der Waals surface area contributed by atoms with Crippen molar-refractivity contribution in [2.75, 3.05) is 32.1 Å². The van der Waals surface area contributed by atoms with Gasteiger partial charge in [0.15, 0.2) is 5.65 Å². The number of amides is 1. The summed E-state index contributed by atoms with van der Waals surface area (Å²) in [4.78, 5) is 20.8. The number of fused-ring (bicyclic) bond motifs is 1. The van der Waals surface area contributed by atoms with Crippen LogP contribution in [0.5, 0.6) is 0 Å². The van der Waals surface area contributed by atoms with E-state index >= 15 is 0 Å². The molecule has 2 N–H and O–H groups in total. The van der Waals surface area contributed by atoms with E-state index in [1.54, 1.807) is 24.1 Å². The molecule has 0 aliphatic rings. The number of hydrogen-bond acceptors (Lipinski definition) is 6. The summed E-state index contributed by atoms with van der Waals surface area (Å²) in [7, 11) is 1.65. The predicted octanol–water partition coefficient (Wildman–Crippen LogP) is 2.08. The van der Waals surface area contributed by atoms with Gasteiger partial charge < -0.3 is 15.4 Å². The molecular weight excluding hydrogens is 400 g/mol. The smallest absolute Gasteiger partial charge is 0.252 e. The molecule has 0 fully saturated rings. The Morgan fingerprint density at radius 2 is 2.12 bits per heavy atom. The van der Waals surface area contributed by atoms with Gasteiger partial charge >= 0.3 is 0 Å². The summed E-state index contributed by atoms with van der Waals surface area (Å²) < 4.78 is 7.55. The van der Waals surface area contributed by atoms with Gasteiger partial charge in [0, 0.05) is 24.7 Å². The minimum Gasteiger partial charge on any atom is -0.383 e. The van der Waals surface area contributed by atoms with Crippen LogP contribution in [0.15, 0.2) is 41.3 Å². The van der Waals surface area contributed by atoms with Crippen molar-refractivity contribution in [2.24, 2.45) is 0 Å². The van der Waals surface area contributed by atoms with Gasteiger partial charge in [-0.2, -0.15) is 5.10 Å². The van der Waals surface area contributed by atoms with E-state index in [0.717, 1.165) is 21.3 Å². The highest BCUT2D eigenvalue weighted by Crippen LogP contribution is 2.18. The van der Waals surface area contributed by atoms with E-state index in [1.807, 2.05) is 18.2 Å². The third-order valence-electron chi connectivity index (χ3n) is 3.76. The second-order valence-corrected chi connectivity index (χ2v) is 6.34. The number of aromatic nitrogens is 4. The fourth-order valence-electron chi connectivity index (χ4n) is 2.48. The van der Waals surface area contributed by atoms with E-state index in [2.05, 4.69) is 41.6 Å². The zero-order valence-corrected chi connectivity index (χ0v) is 15.9. The van der Waals surface area contributed by atoms with Crippen LogP contribution in [0.2, 0.25) is 0 Å². The molecule has 1 aromatic carbocycles. The van der Waals surface area contributed by atoms with E-state index in [-0.39, 0.29) is 5.91 Å². The highest BCUT2D eigenvalue weighted by Gasteiger charge is 2.11. The van der Waals surface area contributed by atoms with Crippen molar-refractivity contribution in [3.05, 3.63) is 46.8 Å². The fraction of sp³-hybridized carbons (Fsp3) is 0.294. The van der Waals surface area contributed by atoms with Crippen LogP contribution in [0.4, 0.5) is 5.82 Å². The minimum atomic E-state index is -0.134. The molecule has 1 amide bonds. The van der Waals surface area contributed by atoms with Crippen LogP contribution in [0.25, 0.3) is 11.0 Å². The first-order chi connectivity index (χ1) is 12.7. The number of rotatable bonds is 8. The summed E-state index contributed by atoms with van der Waals surface area (Å²) in [6.45, 7) is 2.18. The molecule has 3 rings (SSSR count). The molecule has 0 aliphatic heterocycles. The van der Waals surface area contributed by atoms with Crippen LogP contribution in [0, 0.1) is 0 Å². The number of carbonyl (C=O) groups excluding carboxylic acids is 1. The predicted molar refractivity (Wildman–Crippen MR) is 102 cm³/mol. The van der Waals surface area contributed by atoms with E-state index in [9.17, 15) is 4.79 Å². The maximum absolute atomic E-state index is 12.2. The van der Waals surface area contributed by atoms with Gasteiger partial charge in [0.05, 0.1) is 30.3 Å². The Hall–Kier alpha value is -2.52. The third kappa shape index (κ3) is 4.17. The number of ether oxygens (including phenoxy) is 1. The summed E-state index contributed by atoms with van der Waals surface area (Å²) in [5, 5.41) is 11.3. The molecular formula is C17H19BrN6O2. The van der Waals surface area contributed by atoms with Crippen LogP contribution >= 0.6 is 15.9 Å². The van der Waals surface area contributed by atoms with Crippen molar-refractivity contribution in [3.8, 4) is 0 Å². The molecule has 2 heterocycles. The van der Waals surface area contributed by atoms with Gasteiger partial charge in [0.1, 0.15) is 12.1 Å². The second kappa shape index (κ2) is 8.72. The molecule has 0 saturated heterocycles. The van der Waals surface area contributed by atoms with Gasteiger partial charge in [-0.25, -0.2) is 14.6 Å². The number of methoxy groups -OCH3 is 1. The Labute approximate surface area is 159 Å². The molecule has 26 heavy (non-hydrogen) atoms. The van der Waals surface area contributed by atoms with Gasteiger partial charge in [-0.05, 0) is 28.1 Å². The van der Waals surface area contributed by atoms with Crippen LogP contribution in [0.3, 0.4) is 0 Å². The third-order valence-corrected chi connectivity index (χ3v) is 4.45. The molecule has 8 nitrogen and oxygen atoms in total. The second-order valence-electron chi connectivity index (χ2n) is 5.48. The standard InChI is InChI=1S/C17H19BrN6O2/c1-26-9-7-19-15-13-10-23-24(16(13)22-11-21-15)8-6-20-17(25)12-4-2-3-5-14(12)18/h2-5,10-11H,6-9H2,1H3,(H,20,25)(H,19,21,22). The first-order valence-corrected chi connectivity index (χ1v) is 8.92.